The van der Waals surface area contributed by atoms with Gasteiger partial charge in [-0.1, -0.05) is 18.2 Å². The number of aliphatic hydroxyl groups is 4. The second kappa shape index (κ2) is 10.1. The maximum absolute atomic E-state index is 12.8. The van der Waals surface area contributed by atoms with Crippen LogP contribution < -0.4 is 9.47 Å². The van der Waals surface area contributed by atoms with E-state index in [4.69, 9.17) is 14.2 Å². The Morgan fingerprint density at radius 2 is 1.69 bits per heavy atom. The molecular weight excluding hydrogens is 420 g/mol. The predicted molar refractivity (Wildman–Crippen MR) is 114 cm³/mol. The zero-order valence-electron chi connectivity index (χ0n) is 17.6. The highest BCUT2D eigenvalue weighted by molar-refractivity contribution is 6.09. The van der Waals surface area contributed by atoms with Crippen molar-refractivity contribution in [3.05, 3.63) is 59.2 Å². The van der Waals surface area contributed by atoms with Crippen LogP contribution in [0.2, 0.25) is 0 Å². The van der Waals surface area contributed by atoms with Crippen molar-refractivity contribution >= 4 is 11.9 Å². The number of ether oxygens (including phenoxy) is 3. The number of phenols is 1. The summed E-state index contributed by atoms with van der Waals surface area (Å²) in [5.41, 5.74) is 0.580. The van der Waals surface area contributed by atoms with Gasteiger partial charge < -0.3 is 39.7 Å². The van der Waals surface area contributed by atoms with Crippen molar-refractivity contribution in [3.8, 4) is 17.2 Å². The Hall–Kier alpha value is -2.95. The van der Waals surface area contributed by atoms with E-state index in [1.54, 1.807) is 37.5 Å². The van der Waals surface area contributed by atoms with E-state index in [1.165, 1.54) is 25.3 Å². The minimum Gasteiger partial charge on any atom is -0.507 e. The molecule has 5 atom stereocenters. The first-order valence-corrected chi connectivity index (χ1v) is 9.89. The number of phenolic OH excluding ortho intramolecular Hbond substituents is 1. The van der Waals surface area contributed by atoms with Gasteiger partial charge in [0.1, 0.15) is 47.8 Å². The number of hydrogen-bond acceptors (Lipinski definition) is 9. The molecule has 0 aromatic heterocycles. The molecule has 0 spiro atoms. The molecule has 3 rings (SSSR count). The third-order valence-corrected chi connectivity index (χ3v) is 5.38. The van der Waals surface area contributed by atoms with Gasteiger partial charge in [-0.3, -0.25) is 4.79 Å². The van der Waals surface area contributed by atoms with Gasteiger partial charge in [0.25, 0.3) is 0 Å². The molecule has 2 aromatic rings. The maximum atomic E-state index is 12.8. The van der Waals surface area contributed by atoms with Crippen LogP contribution in [-0.4, -0.2) is 76.6 Å². The molecule has 5 N–H and O–H groups in total. The van der Waals surface area contributed by atoms with Gasteiger partial charge in [0.2, 0.25) is 0 Å². The summed E-state index contributed by atoms with van der Waals surface area (Å²) in [4.78, 5) is 12.8. The number of rotatable bonds is 7. The standard InChI is InChI=1S/C23H26O9/c1-30-13-6-3-12(4-7-13)5-9-15(25)14-8-10-16(31-2)18(19(14)26)23-22(29)21(28)20(27)17(11-24)32-23/h3-10,17,20-24,26-29H,11H2,1-2H3/b9-5+/t17-,20-,21+,22-,23+/m1/s1. The lowest BCUT2D eigenvalue weighted by atomic mass is 9.89. The summed E-state index contributed by atoms with van der Waals surface area (Å²) in [6, 6.07) is 9.79. The average molecular weight is 446 g/mol. The molecule has 0 unspecified atom stereocenters. The molecule has 1 fully saturated rings. The predicted octanol–water partition coefficient (Wildman–Crippen LogP) is 0.820. The van der Waals surface area contributed by atoms with E-state index < -0.39 is 48.7 Å². The molecule has 1 aliphatic heterocycles. The van der Waals surface area contributed by atoms with Crippen molar-refractivity contribution in [2.75, 3.05) is 20.8 Å². The zero-order valence-corrected chi connectivity index (χ0v) is 17.6. The maximum Gasteiger partial charge on any atom is 0.189 e. The first-order valence-electron chi connectivity index (χ1n) is 9.89. The van der Waals surface area contributed by atoms with E-state index in [0.717, 1.165) is 5.56 Å². The van der Waals surface area contributed by atoms with Crippen LogP contribution in [0.1, 0.15) is 27.6 Å². The molecule has 32 heavy (non-hydrogen) atoms. The lowest BCUT2D eigenvalue weighted by Crippen LogP contribution is -2.55. The number of carbonyl (C=O) groups excluding carboxylic acids is 1. The number of aliphatic hydroxyl groups excluding tert-OH is 4. The van der Waals surface area contributed by atoms with E-state index in [9.17, 15) is 30.3 Å². The highest BCUT2D eigenvalue weighted by Crippen LogP contribution is 2.43. The number of benzene rings is 2. The quantitative estimate of drug-likeness (QED) is 0.308. The number of aromatic hydroxyl groups is 1. The van der Waals surface area contributed by atoms with Crippen LogP contribution in [0, 0.1) is 0 Å². The second-order valence-corrected chi connectivity index (χ2v) is 7.30. The smallest absolute Gasteiger partial charge is 0.189 e. The Bertz CT molecular complexity index is 968. The van der Waals surface area contributed by atoms with Crippen LogP contribution in [0.4, 0.5) is 0 Å². The van der Waals surface area contributed by atoms with Crippen LogP contribution in [-0.2, 0) is 4.74 Å². The minimum atomic E-state index is -1.65. The van der Waals surface area contributed by atoms with Crippen LogP contribution in [0.5, 0.6) is 17.2 Å². The van der Waals surface area contributed by atoms with Gasteiger partial charge in [-0.25, -0.2) is 0 Å². The lowest BCUT2D eigenvalue weighted by Gasteiger charge is -2.40. The lowest BCUT2D eigenvalue weighted by molar-refractivity contribution is -0.232. The summed E-state index contributed by atoms with van der Waals surface area (Å²) in [5, 5.41) is 50.9. The van der Waals surface area contributed by atoms with E-state index in [2.05, 4.69) is 0 Å². The molecular formula is C23H26O9. The normalized spacial score (nSPS) is 25.6. The van der Waals surface area contributed by atoms with Crippen LogP contribution in [0.15, 0.2) is 42.5 Å². The zero-order chi connectivity index (χ0) is 23.4. The molecule has 0 saturated carbocycles. The number of carbonyl (C=O) groups is 1. The Morgan fingerprint density at radius 3 is 2.28 bits per heavy atom. The monoisotopic (exact) mass is 446 g/mol. The Morgan fingerprint density at radius 1 is 1.00 bits per heavy atom. The van der Waals surface area contributed by atoms with Crippen molar-refractivity contribution < 1.29 is 44.5 Å². The van der Waals surface area contributed by atoms with E-state index in [1.807, 2.05) is 0 Å². The van der Waals surface area contributed by atoms with Crippen LogP contribution in [0.25, 0.3) is 6.08 Å². The highest BCUT2D eigenvalue weighted by atomic mass is 16.5. The summed E-state index contributed by atoms with van der Waals surface area (Å²) in [7, 11) is 2.88. The Balaban J connectivity index is 1.94. The summed E-state index contributed by atoms with van der Waals surface area (Å²) in [6.07, 6.45) is -4.55. The number of ketones is 1. The first kappa shape index (κ1) is 23.7. The largest absolute Gasteiger partial charge is 0.507 e. The van der Waals surface area contributed by atoms with E-state index in [0.29, 0.717) is 5.75 Å². The third kappa shape index (κ3) is 4.62. The Kier molecular flexibility index (Phi) is 7.49. The summed E-state index contributed by atoms with van der Waals surface area (Å²) in [6.45, 7) is -0.631. The second-order valence-electron chi connectivity index (χ2n) is 7.30. The fourth-order valence-electron chi connectivity index (χ4n) is 3.56. The number of allylic oxidation sites excluding steroid dienone is 1. The summed E-state index contributed by atoms with van der Waals surface area (Å²) in [5.74, 6) is -0.252. The minimum absolute atomic E-state index is 0.0758. The van der Waals surface area contributed by atoms with Gasteiger partial charge in [0, 0.05) is 0 Å². The van der Waals surface area contributed by atoms with Crippen LogP contribution >= 0.6 is 0 Å². The number of methoxy groups -OCH3 is 2. The summed E-state index contributed by atoms with van der Waals surface area (Å²) >= 11 is 0. The molecule has 172 valence electrons. The molecule has 1 aliphatic rings. The molecule has 0 radical (unpaired) electrons. The van der Waals surface area contributed by atoms with Crippen molar-refractivity contribution in [3.63, 3.8) is 0 Å². The first-order chi connectivity index (χ1) is 15.3. The van der Waals surface area contributed by atoms with Gasteiger partial charge in [-0.05, 0) is 35.9 Å². The van der Waals surface area contributed by atoms with Crippen molar-refractivity contribution in [1.29, 1.82) is 0 Å². The summed E-state index contributed by atoms with van der Waals surface area (Å²) < 4.78 is 15.9. The molecule has 1 saturated heterocycles. The molecule has 9 heteroatoms. The SMILES string of the molecule is COc1ccc(/C=C/C(=O)c2ccc(OC)c([C@@H]3O[C@H](CO)[C@@H](O)[C@H](O)[C@H]3O)c2O)cc1. The molecule has 0 bridgehead atoms. The van der Waals surface area contributed by atoms with Gasteiger partial charge in [0.15, 0.2) is 5.78 Å². The van der Waals surface area contributed by atoms with Crippen LogP contribution in [0.3, 0.4) is 0 Å². The van der Waals surface area contributed by atoms with Gasteiger partial charge in [-0.2, -0.15) is 0 Å². The van der Waals surface area contributed by atoms with Crippen molar-refractivity contribution in [1.82, 2.24) is 0 Å². The highest BCUT2D eigenvalue weighted by Gasteiger charge is 2.46. The molecule has 2 aromatic carbocycles. The molecule has 1 heterocycles. The number of hydrogen-bond donors (Lipinski definition) is 5. The van der Waals surface area contributed by atoms with Crippen molar-refractivity contribution in [2.24, 2.45) is 0 Å². The average Bonchev–Trinajstić information content (AvgIpc) is 2.81. The molecule has 0 aliphatic carbocycles. The van der Waals surface area contributed by atoms with Gasteiger partial charge in [-0.15, -0.1) is 0 Å². The van der Waals surface area contributed by atoms with E-state index in [-0.39, 0.29) is 16.9 Å². The molecule has 9 nitrogen and oxygen atoms in total. The van der Waals surface area contributed by atoms with Gasteiger partial charge in [0.05, 0.1) is 32.0 Å². The van der Waals surface area contributed by atoms with E-state index >= 15 is 0 Å². The third-order valence-electron chi connectivity index (χ3n) is 5.38. The van der Waals surface area contributed by atoms with Crippen molar-refractivity contribution in [2.45, 2.75) is 30.5 Å². The Labute approximate surface area is 184 Å². The topological polar surface area (TPSA) is 146 Å². The fraction of sp³-hybridized carbons (Fsp3) is 0.348. The molecule has 0 amide bonds. The van der Waals surface area contributed by atoms with Gasteiger partial charge >= 0.3 is 0 Å². The fourth-order valence-corrected chi connectivity index (χ4v) is 3.56.